The molecule has 1 amide bonds. The Kier molecular flexibility index (Phi) is 4.84. The summed E-state index contributed by atoms with van der Waals surface area (Å²) in [6.45, 7) is 3.44. The molecule has 0 fully saturated rings. The van der Waals surface area contributed by atoms with Gasteiger partial charge in [-0.2, -0.15) is 0 Å². The molecule has 0 saturated carbocycles. The summed E-state index contributed by atoms with van der Waals surface area (Å²) >= 11 is 3.14. The van der Waals surface area contributed by atoms with Gasteiger partial charge in [-0.25, -0.2) is 9.78 Å². The molecule has 0 saturated heterocycles. The van der Waals surface area contributed by atoms with E-state index in [4.69, 9.17) is 5.11 Å². The molecule has 1 rings (SSSR count). The average molecular weight is 299 g/mol. The molecular weight excluding hydrogens is 288 g/mol. The number of pyridine rings is 1. The van der Waals surface area contributed by atoms with Gasteiger partial charge in [-0.3, -0.25) is 4.79 Å². The highest BCUT2D eigenvalue weighted by Crippen LogP contribution is 2.06. The zero-order valence-corrected chi connectivity index (χ0v) is 10.5. The zero-order valence-electron chi connectivity index (χ0n) is 8.89. The number of halogens is 1. The van der Waals surface area contributed by atoms with Gasteiger partial charge < -0.3 is 10.4 Å². The van der Waals surface area contributed by atoms with Gasteiger partial charge in [0.2, 0.25) is 0 Å². The van der Waals surface area contributed by atoms with Crippen LogP contribution in [0.1, 0.15) is 16.8 Å². The number of carboxylic acids is 1. The molecule has 0 bridgehead atoms. The number of rotatable bonds is 5. The van der Waals surface area contributed by atoms with Crippen LogP contribution >= 0.6 is 15.9 Å². The first kappa shape index (κ1) is 13.4. The topological polar surface area (TPSA) is 79.3 Å². The molecule has 0 aliphatic heterocycles. The summed E-state index contributed by atoms with van der Waals surface area (Å²) in [4.78, 5) is 26.4. The maximum absolute atomic E-state index is 11.7. The number of carbonyl (C=O) groups excluding carboxylic acids is 1. The lowest BCUT2D eigenvalue weighted by Crippen LogP contribution is -2.40. The minimum Gasteiger partial charge on any atom is -0.480 e. The van der Waals surface area contributed by atoms with Gasteiger partial charge in [-0.15, -0.1) is 6.58 Å². The van der Waals surface area contributed by atoms with E-state index in [2.05, 4.69) is 32.8 Å². The van der Waals surface area contributed by atoms with Crippen LogP contribution in [0.4, 0.5) is 0 Å². The normalized spacial score (nSPS) is 11.6. The smallest absolute Gasteiger partial charge is 0.326 e. The molecule has 0 spiro atoms. The molecule has 0 aromatic carbocycles. The van der Waals surface area contributed by atoms with Crippen molar-refractivity contribution in [1.82, 2.24) is 10.3 Å². The predicted molar refractivity (Wildman–Crippen MR) is 65.6 cm³/mol. The van der Waals surface area contributed by atoms with Gasteiger partial charge in [-0.1, -0.05) is 6.08 Å². The van der Waals surface area contributed by atoms with E-state index in [0.717, 1.165) is 0 Å². The van der Waals surface area contributed by atoms with Gasteiger partial charge in [0.15, 0.2) is 0 Å². The van der Waals surface area contributed by atoms with E-state index in [0.29, 0.717) is 10.2 Å². The van der Waals surface area contributed by atoms with Gasteiger partial charge in [-0.05, 0) is 34.5 Å². The first-order valence-electron chi connectivity index (χ1n) is 4.80. The highest BCUT2D eigenvalue weighted by Gasteiger charge is 2.19. The Bertz CT molecular complexity index is 431. The van der Waals surface area contributed by atoms with Crippen molar-refractivity contribution < 1.29 is 14.7 Å². The summed E-state index contributed by atoms with van der Waals surface area (Å²) in [5, 5.41) is 11.2. The second-order valence-electron chi connectivity index (χ2n) is 3.26. The Morgan fingerprint density at radius 2 is 2.29 bits per heavy atom. The van der Waals surface area contributed by atoms with Crippen LogP contribution in [0.5, 0.6) is 0 Å². The van der Waals surface area contributed by atoms with Gasteiger partial charge in [0.05, 0.1) is 5.56 Å². The van der Waals surface area contributed by atoms with Gasteiger partial charge in [0.25, 0.3) is 5.91 Å². The second-order valence-corrected chi connectivity index (χ2v) is 4.07. The number of nitrogens with zero attached hydrogens (tertiary/aromatic N) is 1. The van der Waals surface area contributed by atoms with E-state index in [1.165, 1.54) is 12.3 Å². The lowest BCUT2D eigenvalue weighted by molar-refractivity contribution is -0.139. The van der Waals surface area contributed by atoms with Crippen molar-refractivity contribution in [3.8, 4) is 0 Å². The van der Waals surface area contributed by atoms with Crippen LogP contribution < -0.4 is 5.32 Å². The molecule has 1 heterocycles. The van der Waals surface area contributed by atoms with E-state index < -0.39 is 17.9 Å². The quantitative estimate of drug-likeness (QED) is 0.639. The molecule has 5 nitrogen and oxygen atoms in total. The molecule has 0 aliphatic rings. The molecular formula is C11H11BrN2O3. The number of carboxylic acid groups (broad SMARTS) is 1. The molecule has 6 heteroatoms. The fourth-order valence-corrected chi connectivity index (χ4v) is 1.37. The van der Waals surface area contributed by atoms with Crippen LogP contribution in [-0.2, 0) is 4.79 Å². The number of aromatic nitrogens is 1. The monoisotopic (exact) mass is 298 g/mol. The van der Waals surface area contributed by atoms with Crippen molar-refractivity contribution in [1.29, 1.82) is 0 Å². The highest BCUT2D eigenvalue weighted by atomic mass is 79.9. The number of aliphatic carboxylic acids is 1. The molecule has 17 heavy (non-hydrogen) atoms. The number of hydrogen-bond donors (Lipinski definition) is 2. The van der Waals surface area contributed by atoms with Gasteiger partial charge >= 0.3 is 5.97 Å². The van der Waals surface area contributed by atoms with Crippen molar-refractivity contribution in [3.05, 3.63) is 41.2 Å². The highest BCUT2D eigenvalue weighted by molar-refractivity contribution is 9.10. The third kappa shape index (κ3) is 3.99. The Balaban J connectivity index is 2.73. The summed E-state index contributed by atoms with van der Waals surface area (Å²) in [7, 11) is 0. The Hall–Kier alpha value is -1.69. The molecule has 2 N–H and O–H groups in total. The summed E-state index contributed by atoms with van der Waals surface area (Å²) in [5.74, 6) is -1.57. The first-order valence-corrected chi connectivity index (χ1v) is 5.60. The molecule has 0 radical (unpaired) electrons. The number of nitrogens with one attached hydrogen (secondary N) is 1. The fourth-order valence-electron chi connectivity index (χ4n) is 1.14. The Morgan fingerprint density at radius 1 is 1.59 bits per heavy atom. The maximum atomic E-state index is 11.7. The zero-order chi connectivity index (χ0) is 12.8. The molecule has 0 aliphatic carbocycles. The Labute approximate surface area is 107 Å². The minimum absolute atomic E-state index is 0.172. The van der Waals surface area contributed by atoms with E-state index in [1.54, 1.807) is 12.1 Å². The summed E-state index contributed by atoms with van der Waals surface area (Å²) in [6, 6.07) is 2.20. The van der Waals surface area contributed by atoms with Crippen LogP contribution in [0.15, 0.2) is 35.6 Å². The van der Waals surface area contributed by atoms with Crippen LogP contribution in [-0.4, -0.2) is 28.0 Å². The van der Waals surface area contributed by atoms with Crippen molar-refractivity contribution in [2.75, 3.05) is 0 Å². The van der Waals surface area contributed by atoms with E-state index in [-0.39, 0.29) is 6.42 Å². The molecule has 1 aromatic rings. The van der Waals surface area contributed by atoms with Crippen LogP contribution in [0.25, 0.3) is 0 Å². The molecule has 1 unspecified atom stereocenters. The average Bonchev–Trinajstić information content (AvgIpc) is 2.29. The minimum atomic E-state index is -1.09. The molecule has 90 valence electrons. The second kappa shape index (κ2) is 6.15. The van der Waals surface area contributed by atoms with Crippen molar-refractivity contribution >= 4 is 27.8 Å². The van der Waals surface area contributed by atoms with E-state index >= 15 is 0 Å². The van der Waals surface area contributed by atoms with Gasteiger partial charge in [0, 0.05) is 6.20 Å². The largest absolute Gasteiger partial charge is 0.480 e. The van der Waals surface area contributed by atoms with E-state index in [9.17, 15) is 9.59 Å². The van der Waals surface area contributed by atoms with Gasteiger partial charge in [0.1, 0.15) is 10.6 Å². The molecule has 1 aromatic heterocycles. The van der Waals surface area contributed by atoms with Crippen molar-refractivity contribution in [2.24, 2.45) is 0 Å². The standard InChI is InChI=1S/C11H11BrN2O3/c1-2-3-8(11(16)17)14-10(15)7-4-5-9(12)13-6-7/h2,4-6,8H,1,3H2,(H,14,15)(H,16,17). The SMILES string of the molecule is C=CCC(NC(=O)c1ccc(Br)nc1)C(=O)O. The summed E-state index contributed by atoms with van der Waals surface area (Å²) < 4.78 is 0.606. The van der Waals surface area contributed by atoms with Crippen LogP contribution in [0.2, 0.25) is 0 Å². The summed E-state index contributed by atoms with van der Waals surface area (Å²) in [6.07, 6.45) is 2.98. The maximum Gasteiger partial charge on any atom is 0.326 e. The number of amides is 1. The summed E-state index contributed by atoms with van der Waals surface area (Å²) in [5.41, 5.74) is 0.309. The van der Waals surface area contributed by atoms with Crippen LogP contribution in [0, 0.1) is 0 Å². The van der Waals surface area contributed by atoms with Crippen LogP contribution in [0.3, 0.4) is 0 Å². The van der Waals surface area contributed by atoms with Crippen molar-refractivity contribution in [3.63, 3.8) is 0 Å². The van der Waals surface area contributed by atoms with Crippen molar-refractivity contribution in [2.45, 2.75) is 12.5 Å². The number of carbonyl (C=O) groups is 2. The fraction of sp³-hybridized carbons (Fsp3) is 0.182. The lowest BCUT2D eigenvalue weighted by Gasteiger charge is -2.12. The Morgan fingerprint density at radius 3 is 2.76 bits per heavy atom. The van der Waals surface area contributed by atoms with E-state index in [1.807, 2.05) is 0 Å². The number of hydrogen-bond acceptors (Lipinski definition) is 3. The lowest BCUT2D eigenvalue weighted by atomic mass is 10.2. The first-order chi connectivity index (χ1) is 8.04. The third-order valence-electron chi connectivity index (χ3n) is 2.00. The third-order valence-corrected chi connectivity index (χ3v) is 2.46. The predicted octanol–water partition coefficient (Wildman–Crippen LogP) is 1.60. The molecule has 1 atom stereocenters.